The summed E-state index contributed by atoms with van der Waals surface area (Å²) >= 11 is 1.88. The molecular weight excluding hydrogens is 382 g/mol. The van der Waals surface area contributed by atoms with Crippen molar-refractivity contribution in [2.24, 2.45) is 5.92 Å². The molecule has 0 bridgehead atoms. The van der Waals surface area contributed by atoms with Gasteiger partial charge >= 0.3 is 0 Å². The molecule has 1 N–H and O–H groups in total. The predicted octanol–water partition coefficient (Wildman–Crippen LogP) is 3.40. The lowest BCUT2D eigenvalue weighted by Crippen LogP contribution is -2.36. The lowest BCUT2D eigenvalue weighted by atomic mass is 10.0. The third-order valence-electron chi connectivity index (χ3n) is 6.06. The van der Waals surface area contributed by atoms with Crippen LogP contribution < -0.4 is 5.32 Å². The predicted molar refractivity (Wildman–Crippen MR) is 121 cm³/mol. The molecule has 4 rings (SSSR count). The minimum atomic E-state index is 0.495. The molecule has 3 heterocycles. The third kappa shape index (κ3) is 4.90. The van der Waals surface area contributed by atoms with Gasteiger partial charge in [-0.1, -0.05) is 13.8 Å². The highest BCUT2D eigenvalue weighted by atomic mass is 32.1. The zero-order valence-corrected chi connectivity index (χ0v) is 19.1. The Kier molecular flexibility index (Phi) is 6.69. The Morgan fingerprint density at radius 2 is 1.97 bits per heavy atom. The standard InChI is InChI=1S/C22H35N5OS/c1-15(2)12-16(26(3)4)13-23-21-20-17-6-5-7-18(17)29-22(20)25-19(24-21)14-27-8-10-28-11-9-27/h15-16H,5-14H2,1-4H3,(H,23,24,25). The minimum absolute atomic E-state index is 0.495. The Balaban J connectivity index is 1.60. The van der Waals surface area contributed by atoms with Gasteiger partial charge in [0.15, 0.2) is 0 Å². The van der Waals surface area contributed by atoms with Crippen molar-refractivity contribution in [2.75, 3.05) is 52.3 Å². The highest BCUT2D eigenvalue weighted by molar-refractivity contribution is 7.19. The molecule has 0 saturated carbocycles. The molecule has 1 fully saturated rings. The summed E-state index contributed by atoms with van der Waals surface area (Å²) in [5.74, 6) is 2.66. The maximum Gasteiger partial charge on any atom is 0.146 e. The maximum atomic E-state index is 5.49. The summed E-state index contributed by atoms with van der Waals surface area (Å²) in [5, 5.41) is 5.03. The van der Waals surface area contributed by atoms with Crippen molar-refractivity contribution in [1.82, 2.24) is 19.8 Å². The first-order valence-corrected chi connectivity index (χ1v) is 11.8. The smallest absolute Gasteiger partial charge is 0.146 e. The molecular formula is C22H35N5OS. The largest absolute Gasteiger partial charge is 0.379 e. The summed E-state index contributed by atoms with van der Waals surface area (Å²) in [4.78, 5) is 17.4. The monoisotopic (exact) mass is 417 g/mol. The Morgan fingerprint density at radius 3 is 2.69 bits per heavy atom. The number of hydrogen-bond acceptors (Lipinski definition) is 7. The number of anilines is 1. The van der Waals surface area contributed by atoms with E-state index in [1.165, 1.54) is 46.3 Å². The number of fused-ring (bicyclic) bond motifs is 3. The van der Waals surface area contributed by atoms with Crippen LogP contribution in [0.2, 0.25) is 0 Å². The van der Waals surface area contributed by atoms with Crippen LogP contribution in [-0.2, 0) is 24.1 Å². The number of hydrogen-bond donors (Lipinski definition) is 1. The summed E-state index contributed by atoms with van der Waals surface area (Å²) in [6.07, 6.45) is 4.80. The fraction of sp³-hybridized carbons (Fsp3) is 0.727. The summed E-state index contributed by atoms with van der Waals surface area (Å²) < 4.78 is 5.49. The SMILES string of the molecule is CC(C)CC(CNc1nc(CN2CCOCC2)nc2sc3c(c12)CCC3)N(C)C. The normalized spacial score (nSPS) is 18.7. The highest BCUT2D eigenvalue weighted by Gasteiger charge is 2.24. The van der Waals surface area contributed by atoms with Crippen LogP contribution in [0.1, 0.15) is 43.0 Å². The Morgan fingerprint density at radius 1 is 1.17 bits per heavy atom. The number of thiophene rings is 1. The quantitative estimate of drug-likeness (QED) is 0.710. The van der Waals surface area contributed by atoms with E-state index < -0.39 is 0 Å². The first-order valence-electron chi connectivity index (χ1n) is 11.0. The molecule has 1 aliphatic carbocycles. The lowest BCUT2D eigenvalue weighted by molar-refractivity contribution is 0.0331. The second-order valence-corrected chi connectivity index (χ2v) is 10.1. The fourth-order valence-corrected chi connectivity index (χ4v) is 5.71. The minimum Gasteiger partial charge on any atom is -0.379 e. The summed E-state index contributed by atoms with van der Waals surface area (Å²) in [7, 11) is 4.35. The zero-order valence-electron chi connectivity index (χ0n) is 18.3. The molecule has 2 aromatic rings. The van der Waals surface area contributed by atoms with Crippen molar-refractivity contribution in [3.8, 4) is 0 Å². The van der Waals surface area contributed by atoms with Crippen molar-refractivity contribution >= 4 is 27.4 Å². The van der Waals surface area contributed by atoms with Crippen LogP contribution in [0.25, 0.3) is 10.2 Å². The molecule has 0 amide bonds. The molecule has 1 unspecified atom stereocenters. The topological polar surface area (TPSA) is 53.5 Å². The van der Waals surface area contributed by atoms with Crippen LogP contribution in [0, 0.1) is 5.92 Å². The molecule has 2 aliphatic rings. The van der Waals surface area contributed by atoms with Gasteiger partial charge in [-0.25, -0.2) is 9.97 Å². The van der Waals surface area contributed by atoms with Gasteiger partial charge in [0, 0.05) is 30.6 Å². The molecule has 2 aromatic heterocycles. The van der Waals surface area contributed by atoms with Gasteiger partial charge in [0.05, 0.1) is 25.1 Å². The number of likely N-dealkylation sites (N-methyl/N-ethyl adjacent to an activating group) is 1. The van der Waals surface area contributed by atoms with E-state index in [9.17, 15) is 0 Å². The molecule has 0 radical (unpaired) electrons. The third-order valence-corrected chi connectivity index (χ3v) is 7.24. The van der Waals surface area contributed by atoms with Gasteiger partial charge < -0.3 is 15.0 Å². The van der Waals surface area contributed by atoms with Crippen LogP contribution >= 0.6 is 11.3 Å². The first-order chi connectivity index (χ1) is 14.0. The molecule has 7 heteroatoms. The van der Waals surface area contributed by atoms with Crippen LogP contribution in [0.3, 0.4) is 0 Å². The number of aromatic nitrogens is 2. The molecule has 160 valence electrons. The van der Waals surface area contributed by atoms with E-state index in [1.54, 1.807) is 0 Å². The number of ether oxygens (including phenoxy) is 1. The second kappa shape index (κ2) is 9.25. The van der Waals surface area contributed by atoms with E-state index in [1.807, 2.05) is 11.3 Å². The van der Waals surface area contributed by atoms with E-state index in [4.69, 9.17) is 14.7 Å². The number of rotatable bonds is 8. The van der Waals surface area contributed by atoms with E-state index in [0.717, 1.165) is 51.0 Å². The highest BCUT2D eigenvalue weighted by Crippen LogP contribution is 2.39. The number of nitrogens with one attached hydrogen (secondary N) is 1. The van der Waals surface area contributed by atoms with Gasteiger partial charge in [0.25, 0.3) is 0 Å². The van der Waals surface area contributed by atoms with Gasteiger partial charge in [-0.3, -0.25) is 4.90 Å². The summed E-state index contributed by atoms with van der Waals surface area (Å²) in [6, 6.07) is 0.495. The lowest BCUT2D eigenvalue weighted by Gasteiger charge is -2.27. The van der Waals surface area contributed by atoms with Crippen LogP contribution in [0.4, 0.5) is 5.82 Å². The van der Waals surface area contributed by atoms with E-state index in [2.05, 4.69) is 43.1 Å². The van der Waals surface area contributed by atoms with Crippen molar-refractivity contribution in [3.63, 3.8) is 0 Å². The van der Waals surface area contributed by atoms with Crippen molar-refractivity contribution in [3.05, 3.63) is 16.3 Å². The Labute approximate surface area is 178 Å². The summed E-state index contributed by atoms with van der Waals surface area (Å²) in [5.41, 5.74) is 1.50. The van der Waals surface area contributed by atoms with E-state index in [0.29, 0.717) is 12.0 Å². The maximum absolute atomic E-state index is 5.49. The Bertz CT molecular complexity index is 828. The zero-order chi connectivity index (χ0) is 20.4. The van der Waals surface area contributed by atoms with Gasteiger partial charge in [-0.05, 0) is 51.3 Å². The fourth-order valence-electron chi connectivity index (χ4n) is 4.43. The molecule has 0 aromatic carbocycles. The first kappa shape index (κ1) is 21.0. The number of morpholine rings is 1. The van der Waals surface area contributed by atoms with E-state index >= 15 is 0 Å². The van der Waals surface area contributed by atoms with Crippen molar-refractivity contribution in [2.45, 2.75) is 52.1 Å². The van der Waals surface area contributed by atoms with Gasteiger partial charge in [0.2, 0.25) is 0 Å². The summed E-state index contributed by atoms with van der Waals surface area (Å²) in [6.45, 7) is 9.85. The van der Waals surface area contributed by atoms with Crippen LogP contribution in [0.5, 0.6) is 0 Å². The van der Waals surface area contributed by atoms with Gasteiger partial charge in [-0.2, -0.15) is 0 Å². The van der Waals surface area contributed by atoms with E-state index in [-0.39, 0.29) is 0 Å². The average Bonchev–Trinajstić information content (AvgIpc) is 3.26. The number of aryl methyl sites for hydroxylation is 2. The van der Waals surface area contributed by atoms with Crippen molar-refractivity contribution in [1.29, 1.82) is 0 Å². The molecule has 1 aliphatic heterocycles. The van der Waals surface area contributed by atoms with Gasteiger partial charge in [-0.15, -0.1) is 11.3 Å². The number of nitrogens with zero attached hydrogens (tertiary/aromatic N) is 4. The van der Waals surface area contributed by atoms with Gasteiger partial charge in [0.1, 0.15) is 16.5 Å². The van der Waals surface area contributed by atoms with Crippen LogP contribution in [-0.4, -0.2) is 72.8 Å². The Hall–Kier alpha value is -1.28. The second-order valence-electron chi connectivity index (χ2n) is 9.04. The molecule has 29 heavy (non-hydrogen) atoms. The van der Waals surface area contributed by atoms with Crippen molar-refractivity contribution < 1.29 is 4.74 Å². The average molecular weight is 418 g/mol. The molecule has 0 spiro atoms. The molecule has 6 nitrogen and oxygen atoms in total. The molecule has 1 atom stereocenters. The van der Waals surface area contributed by atoms with Crippen LogP contribution in [0.15, 0.2) is 0 Å². The molecule has 1 saturated heterocycles.